The van der Waals surface area contributed by atoms with Gasteiger partial charge in [0.1, 0.15) is 0 Å². The second kappa shape index (κ2) is 5.24. The summed E-state index contributed by atoms with van der Waals surface area (Å²) in [5.74, 6) is 0. The van der Waals surface area contributed by atoms with Gasteiger partial charge in [0.25, 0.3) is 0 Å². The summed E-state index contributed by atoms with van der Waals surface area (Å²) < 4.78 is 9.99. The SMILES string of the molecule is C=C[C@@H]1C[C@@H]2C(=CCn3c(=O)n(-c4ccccc4)c(=O)n32)CO1. The van der Waals surface area contributed by atoms with Gasteiger partial charge in [0.2, 0.25) is 0 Å². The van der Waals surface area contributed by atoms with Crippen LogP contribution < -0.4 is 11.4 Å². The van der Waals surface area contributed by atoms with E-state index in [0.29, 0.717) is 25.3 Å². The third kappa shape index (κ3) is 2.06. The highest BCUT2D eigenvalue weighted by molar-refractivity contribution is 5.31. The minimum atomic E-state index is -0.307. The van der Waals surface area contributed by atoms with Crippen LogP contribution in [0.2, 0.25) is 0 Å². The fourth-order valence-corrected chi connectivity index (χ4v) is 3.32. The Morgan fingerprint density at radius 3 is 2.70 bits per heavy atom. The van der Waals surface area contributed by atoms with Gasteiger partial charge in [0, 0.05) is 6.42 Å². The van der Waals surface area contributed by atoms with Crippen LogP contribution in [0.1, 0.15) is 12.5 Å². The number of fused-ring (bicyclic) bond motifs is 3. The molecule has 118 valence electrons. The Hall–Kier alpha value is -2.60. The molecule has 6 heteroatoms. The first-order chi connectivity index (χ1) is 11.2. The lowest BCUT2D eigenvalue weighted by molar-refractivity contribution is 0.0487. The van der Waals surface area contributed by atoms with Crippen LogP contribution in [-0.4, -0.2) is 26.6 Å². The zero-order chi connectivity index (χ0) is 16.0. The van der Waals surface area contributed by atoms with E-state index in [1.807, 2.05) is 24.3 Å². The van der Waals surface area contributed by atoms with E-state index in [2.05, 4.69) is 6.58 Å². The molecule has 0 amide bonds. The van der Waals surface area contributed by atoms with E-state index >= 15 is 0 Å². The van der Waals surface area contributed by atoms with Gasteiger partial charge in [0.15, 0.2) is 0 Å². The van der Waals surface area contributed by atoms with Crippen molar-refractivity contribution in [3.05, 3.63) is 75.6 Å². The van der Waals surface area contributed by atoms with Crippen molar-refractivity contribution in [2.45, 2.75) is 25.1 Å². The maximum Gasteiger partial charge on any atom is 0.352 e. The van der Waals surface area contributed by atoms with Crippen LogP contribution in [0.5, 0.6) is 0 Å². The molecule has 1 aromatic carbocycles. The highest BCUT2D eigenvalue weighted by Crippen LogP contribution is 2.31. The fourth-order valence-electron chi connectivity index (χ4n) is 3.32. The van der Waals surface area contributed by atoms with E-state index < -0.39 is 0 Å². The number of allylic oxidation sites excluding steroid dienone is 1. The summed E-state index contributed by atoms with van der Waals surface area (Å²) >= 11 is 0. The Morgan fingerprint density at radius 1 is 1.17 bits per heavy atom. The van der Waals surface area contributed by atoms with Gasteiger partial charge in [-0.3, -0.25) is 0 Å². The molecule has 2 atom stereocenters. The van der Waals surface area contributed by atoms with Gasteiger partial charge < -0.3 is 4.74 Å². The largest absolute Gasteiger partial charge is 0.370 e. The van der Waals surface area contributed by atoms with Crippen LogP contribution in [0.15, 0.2) is 64.2 Å². The predicted molar refractivity (Wildman–Crippen MR) is 86.0 cm³/mol. The number of para-hydroxylation sites is 1. The Labute approximate surface area is 132 Å². The summed E-state index contributed by atoms with van der Waals surface area (Å²) in [6.45, 7) is 4.63. The van der Waals surface area contributed by atoms with E-state index in [0.717, 1.165) is 5.57 Å². The molecule has 0 spiro atoms. The van der Waals surface area contributed by atoms with Crippen LogP contribution in [-0.2, 0) is 11.3 Å². The average Bonchev–Trinajstić information content (AvgIpc) is 2.86. The van der Waals surface area contributed by atoms with E-state index in [1.165, 1.54) is 9.25 Å². The number of ether oxygens (including phenoxy) is 1. The molecule has 23 heavy (non-hydrogen) atoms. The van der Waals surface area contributed by atoms with Crippen molar-refractivity contribution in [3.63, 3.8) is 0 Å². The van der Waals surface area contributed by atoms with Gasteiger partial charge in [0.05, 0.1) is 31.0 Å². The first-order valence-corrected chi connectivity index (χ1v) is 7.63. The molecular formula is C17H17N3O3. The molecule has 4 rings (SSSR count). The summed E-state index contributed by atoms with van der Waals surface area (Å²) in [5, 5.41) is 0. The quantitative estimate of drug-likeness (QED) is 0.785. The lowest BCUT2D eigenvalue weighted by atomic mass is 9.97. The molecule has 2 aliphatic rings. The summed E-state index contributed by atoms with van der Waals surface area (Å²) in [4.78, 5) is 25.6. The molecule has 0 aliphatic carbocycles. The zero-order valence-electron chi connectivity index (χ0n) is 12.6. The number of nitrogens with zero attached hydrogens (tertiary/aromatic N) is 3. The maximum atomic E-state index is 12.9. The Balaban J connectivity index is 1.89. The number of hydrogen-bond acceptors (Lipinski definition) is 3. The highest BCUT2D eigenvalue weighted by Gasteiger charge is 2.33. The highest BCUT2D eigenvalue weighted by atomic mass is 16.5. The Bertz CT molecular complexity index is 901. The summed E-state index contributed by atoms with van der Waals surface area (Å²) in [5.41, 5.74) is 1.03. The minimum absolute atomic E-state index is 0.106. The second-order valence-corrected chi connectivity index (χ2v) is 5.78. The van der Waals surface area contributed by atoms with Crippen LogP contribution in [0.4, 0.5) is 0 Å². The van der Waals surface area contributed by atoms with Gasteiger partial charge in [-0.2, -0.15) is 0 Å². The first kappa shape index (κ1) is 14.0. The lowest BCUT2D eigenvalue weighted by Crippen LogP contribution is -2.40. The summed E-state index contributed by atoms with van der Waals surface area (Å²) in [7, 11) is 0. The molecule has 0 unspecified atom stereocenters. The fraction of sp³-hybridized carbons (Fsp3) is 0.294. The molecule has 2 aromatic rings. The normalized spacial score (nSPS) is 22.9. The number of aromatic nitrogens is 3. The topological polar surface area (TPSA) is 58.2 Å². The molecule has 3 heterocycles. The van der Waals surface area contributed by atoms with E-state index in [4.69, 9.17) is 4.74 Å². The zero-order valence-corrected chi connectivity index (χ0v) is 12.6. The molecular weight excluding hydrogens is 294 g/mol. The molecule has 2 aliphatic heterocycles. The van der Waals surface area contributed by atoms with Crippen molar-refractivity contribution >= 4 is 0 Å². The van der Waals surface area contributed by atoms with Crippen molar-refractivity contribution in [3.8, 4) is 5.69 Å². The number of hydrogen-bond donors (Lipinski definition) is 0. The molecule has 1 saturated heterocycles. The van der Waals surface area contributed by atoms with Crippen molar-refractivity contribution in [1.29, 1.82) is 0 Å². The van der Waals surface area contributed by atoms with Gasteiger partial charge in [-0.1, -0.05) is 30.4 Å². The van der Waals surface area contributed by atoms with Crippen LogP contribution >= 0.6 is 0 Å². The monoisotopic (exact) mass is 311 g/mol. The van der Waals surface area contributed by atoms with Crippen molar-refractivity contribution in [1.82, 2.24) is 13.9 Å². The van der Waals surface area contributed by atoms with Gasteiger partial charge in [-0.25, -0.2) is 23.5 Å². The number of benzene rings is 1. The van der Waals surface area contributed by atoms with E-state index in [-0.39, 0.29) is 23.5 Å². The maximum absolute atomic E-state index is 12.9. The van der Waals surface area contributed by atoms with Crippen LogP contribution in [0.25, 0.3) is 5.69 Å². The Morgan fingerprint density at radius 2 is 1.96 bits per heavy atom. The van der Waals surface area contributed by atoms with Gasteiger partial charge in [-0.15, -0.1) is 6.58 Å². The van der Waals surface area contributed by atoms with Crippen LogP contribution in [0, 0.1) is 0 Å². The third-order valence-corrected chi connectivity index (χ3v) is 4.51. The van der Waals surface area contributed by atoms with Crippen molar-refractivity contribution < 1.29 is 4.74 Å². The molecule has 6 nitrogen and oxygen atoms in total. The third-order valence-electron chi connectivity index (χ3n) is 4.51. The molecule has 1 fully saturated rings. The van der Waals surface area contributed by atoms with Gasteiger partial charge >= 0.3 is 11.4 Å². The molecule has 0 saturated carbocycles. The molecule has 0 N–H and O–H groups in total. The molecule has 0 radical (unpaired) electrons. The summed E-state index contributed by atoms with van der Waals surface area (Å²) in [6.07, 6.45) is 4.24. The predicted octanol–water partition coefficient (Wildman–Crippen LogP) is 1.26. The summed E-state index contributed by atoms with van der Waals surface area (Å²) in [6, 6.07) is 8.86. The van der Waals surface area contributed by atoms with Gasteiger partial charge in [-0.05, 0) is 17.7 Å². The standard InChI is InChI=1S/C17H17N3O3/c1-2-14-10-15-12(11-23-14)8-9-18-16(21)19(17(22)20(15)18)13-6-4-3-5-7-13/h2-8,14-15H,1,9-11H2/t14-,15-/m1/s1. The van der Waals surface area contributed by atoms with Crippen molar-refractivity contribution in [2.24, 2.45) is 0 Å². The molecule has 0 bridgehead atoms. The smallest absolute Gasteiger partial charge is 0.352 e. The molecule has 1 aromatic heterocycles. The number of rotatable bonds is 2. The van der Waals surface area contributed by atoms with Crippen LogP contribution in [0.3, 0.4) is 0 Å². The van der Waals surface area contributed by atoms with Crippen molar-refractivity contribution in [2.75, 3.05) is 6.61 Å². The van der Waals surface area contributed by atoms with E-state index in [1.54, 1.807) is 22.9 Å². The average molecular weight is 311 g/mol. The Kier molecular flexibility index (Phi) is 3.20. The van der Waals surface area contributed by atoms with E-state index in [9.17, 15) is 9.59 Å². The second-order valence-electron chi connectivity index (χ2n) is 5.78. The first-order valence-electron chi connectivity index (χ1n) is 7.63. The minimum Gasteiger partial charge on any atom is -0.370 e. The lowest BCUT2D eigenvalue weighted by Gasteiger charge is -2.34.